The van der Waals surface area contributed by atoms with Gasteiger partial charge in [0, 0.05) is 19.0 Å². The van der Waals surface area contributed by atoms with Gasteiger partial charge in [0.1, 0.15) is 0 Å². The zero-order chi connectivity index (χ0) is 14.1. The minimum absolute atomic E-state index is 0.232. The average molecular weight is 265 g/mol. The van der Waals surface area contributed by atoms with Gasteiger partial charge in [-0.15, -0.1) is 0 Å². The highest BCUT2D eigenvalue weighted by Gasteiger charge is 2.31. The molecule has 1 aliphatic carbocycles. The Kier molecular flexibility index (Phi) is 7.50. The summed E-state index contributed by atoms with van der Waals surface area (Å²) < 4.78 is 0. The molecule has 1 atom stereocenters. The van der Waals surface area contributed by atoms with Gasteiger partial charge in [-0.3, -0.25) is 4.79 Å². The molecule has 108 valence electrons. The molecule has 0 aromatic carbocycles. The van der Waals surface area contributed by atoms with Crippen molar-refractivity contribution in [3.63, 3.8) is 0 Å². The molecule has 0 aromatic heterocycles. The lowest BCUT2D eigenvalue weighted by atomic mass is 9.94. The summed E-state index contributed by atoms with van der Waals surface area (Å²) in [6.45, 7) is 3.49. The predicted molar refractivity (Wildman–Crippen MR) is 76.3 cm³/mol. The molecule has 19 heavy (non-hydrogen) atoms. The molecule has 0 bridgehead atoms. The van der Waals surface area contributed by atoms with Crippen LogP contribution in [0.1, 0.15) is 58.3 Å². The van der Waals surface area contributed by atoms with E-state index in [0.717, 1.165) is 38.5 Å². The van der Waals surface area contributed by atoms with Crippen molar-refractivity contribution in [3.8, 4) is 6.07 Å². The third-order valence-electron chi connectivity index (χ3n) is 3.81. The van der Waals surface area contributed by atoms with Crippen molar-refractivity contribution in [2.75, 3.05) is 13.1 Å². The molecule has 0 heterocycles. The summed E-state index contributed by atoms with van der Waals surface area (Å²) in [6.07, 6.45) is 7.56. The molecule has 0 radical (unpaired) electrons. The monoisotopic (exact) mass is 265 g/mol. The van der Waals surface area contributed by atoms with Crippen molar-refractivity contribution in [1.29, 1.82) is 5.26 Å². The maximum atomic E-state index is 12.2. The first-order chi connectivity index (χ1) is 9.22. The lowest BCUT2D eigenvalue weighted by Gasteiger charge is -2.22. The van der Waals surface area contributed by atoms with E-state index in [0.29, 0.717) is 37.9 Å². The topological polar surface area (TPSA) is 70.1 Å². The molecule has 0 aromatic rings. The summed E-state index contributed by atoms with van der Waals surface area (Å²) in [5.41, 5.74) is 5.62. The minimum Gasteiger partial charge on any atom is -0.339 e. The first kappa shape index (κ1) is 16.0. The van der Waals surface area contributed by atoms with E-state index in [1.165, 1.54) is 0 Å². The Bertz CT molecular complexity index is 301. The second-order valence-corrected chi connectivity index (χ2v) is 5.50. The van der Waals surface area contributed by atoms with Crippen molar-refractivity contribution in [1.82, 2.24) is 4.90 Å². The van der Waals surface area contributed by atoms with E-state index in [2.05, 4.69) is 13.0 Å². The standard InChI is InChI=1S/C15H27N3O/c1-2-4-13(9-11-17)5-8-15(19)18(12-3-10-16)14-6-7-14/h13-14H,2-9,11-12,17H2,1H3. The Balaban J connectivity index is 2.35. The van der Waals surface area contributed by atoms with Crippen LogP contribution in [0.4, 0.5) is 0 Å². The molecule has 1 fully saturated rings. The highest BCUT2D eigenvalue weighted by atomic mass is 16.2. The quantitative estimate of drug-likeness (QED) is 0.659. The molecule has 0 aliphatic heterocycles. The van der Waals surface area contributed by atoms with Gasteiger partial charge in [0.2, 0.25) is 5.91 Å². The van der Waals surface area contributed by atoms with E-state index in [9.17, 15) is 4.79 Å². The van der Waals surface area contributed by atoms with Crippen molar-refractivity contribution in [2.45, 2.75) is 64.3 Å². The van der Waals surface area contributed by atoms with Crippen LogP contribution in [0, 0.1) is 17.2 Å². The summed E-state index contributed by atoms with van der Waals surface area (Å²) in [7, 11) is 0. The molecule has 1 saturated carbocycles. The van der Waals surface area contributed by atoms with Gasteiger partial charge >= 0.3 is 0 Å². The van der Waals surface area contributed by atoms with E-state index in [-0.39, 0.29) is 5.91 Å². The van der Waals surface area contributed by atoms with Crippen LogP contribution in [0.5, 0.6) is 0 Å². The molecule has 1 unspecified atom stereocenters. The Labute approximate surface area is 116 Å². The number of nitrogens with two attached hydrogens (primary N) is 1. The molecule has 1 rings (SSSR count). The largest absolute Gasteiger partial charge is 0.339 e. The maximum absolute atomic E-state index is 12.2. The van der Waals surface area contributed by atoms with Gasteiger partial charge in [0.25, 0.3) is 0 Å². The van der Waals surface area contributed by atoms with E-state index in [4.69, 9.17) is 11.0 Å². The summed E-state index contributed by atoms with van der Waals surface area (Å²) in [6, 6.07) is 2.55. The zero-order valence-electron chi connectivity index (χ0n) is 12.1. The fourth-order valence-electron chi connectivity index (χ4n) is 2.62. The molecular weight excluding hydrogens is 238 g/mol. The molecular formula is C15H27N3O. The van der Waals surface area contributed by atoms with Crippen LogP contribution in [0.3, 0.4) is 0 Å². The third-order valence-corrected chi connectivity index (χ3v) is 3.81. The summed E-state index contributed by atoms with van der Waals surface area (Å²) >= 11 is 0. The van der Waals surface area contributed by atoms with Gasteiger partial charge in [0.15, 0.2) is 0 Å². The normalized spacial score (nSPS) is 15.8. The average Bonchev–Trinajstić information content (AvgIpc) is 3.21. The number of hydrogen-bond donors (Lipinski definition) is 1. The number of hydrogen-bond acceptors (Lipinski definition) is 3. The van der Waals surface area contributed by atoms with Gasteiger partial charge in [-0.2, -0.15) is 5.26 Å². The van der Waals surface area contributed by atoms with Gasteiger partial charge in [-0.1, -0.05) is 19.8 Å². The summed E-state index contributed by atoms with van der Waals surface area (Å²) in [5.74, 6) is 0.812. The highest BCUT2D eigenvalue weighted by Crippen LogP contribution is 2.28. The minimum atomic E-state index is 0.232. The van der Waals surface area contributed by atoms with Crippen molar-refractivity contribution < 1.29 is 4.79 Å². The van der Waals surface area contributed by atoms with Crippen LogP contribution in [0.2, 0.25) is 0 Å². The fraction of sp³-hybridized carbons (Fsp3) is 0.867. The highest BCUT2D eigenvalue weighted by molar-refractivity contribution is 5.76. The van der Waals surface area contributed by atoms with Crippen molar-refractivity contribution >= 4 is 5.91 Å². The van der Waals surface area contributed by atoms with Gasteiger partial charge in [0.05, 0.1) is 12.5 Å². The van der Waals surface area contributed by atoms with Crippen LogP contribution in [-0.2, 0) is 4.79 Å². The number of nitriles is 1. The molecule has 0 spiro atoms. The number of amides is 1. The van der Waals surface area contributed by atoms with Crippen LogP contribution < -0.4 is 5.73 Å². The van der Waals surface area contributed by atoms with E-state index >= 15 is 0 Å². The number of carbonyl (C=O) groups excluding carboxylic acids is 1. The van der Waals surface area contributed by atoms with Crippen molar-refractivity contribution in [3.05, 3.63) is 0 Å². The van der Waals surface area contributed by atoms with Crippen LogP contribution >= 0.6 is 0 Å². The van der Waals surface area contributed by atoms with E-state index in [1.807, 2.05) is 4.90 Å². The fourth-order valence-corrected chi connectivity index (χ4v) is 2.62. The molecule has 4 nitrogen and oxygen atoms in total. The molecule has 1 amide bonds. The Morgan fingerprint density at radius 3 is 2.68 bits per heavy atom. The predicted octanol–water partition coefficient (Wildman–Crippen LogP) is 2.44. The number of nitrogens with zero attached hydrogens (tertiary/aromatic N) is 2. The van der Waals surface area contributed by atoms with Crippen LogP contribution in [-0.4, -0.2) is 29.9 Å². The first-order valence-corrected chi connectivity index (χ1v) is 7.59. The Morgan fingerprint density at radius 1 is 1.42 bits per heavy atom. The molecule has 4 heteroatoms. The van der Waals surface area contributed by atoms with E-state index < -0.39 is 0 Å². The summed E-state index contributed by atoms with van der Waals surface area (Å²) in [5, 5.41) is 8.66. The van der Waals surface area contributed by atoms with Crippen molar-refractivity contribution in [2.24, 2.45) is 11.7 Å². The first-order valence-electron chi connectivity index (χ1n) is 7.59. The smallest absolute Gasteiger partial charge is 0.222 e. The lowest BCUT2D eigenvalue weighted by molar-refractivity contribution is -0.132. The summed E-state index contributed by atoms with van der Waals surface area (Å²) in [4.78, 5) is 14.2. The number of rotatable bonds is 10. The Hall–Kier alpha value is -1.08. The lowest BCUT2D eigenvalue weighted by Crippen LogP contribution is -2.34. The maximum Gasteiger partial charge on any atom is 0.222 e. The van der Waals surface area contributed by atoms with E-state index in [1.54, 1.807) is 0 Å². The van der Waals surface area contributed by atoms with Gasteiger partial charge in [-0.05, 0) is 38.1 Å². The molecule has 2 N–H and O–H groups in total. The zero-order valence-corrected chi connectivity index (χ0v) is 12.1. The Morgan fingerprint density at radius 2 is 2.16 bits per heavy atom. The molecule has 0 saturated heterocycles. The van der Waals surface area contributed by atoms with Gasteiger partial charge < -0.3 is 10.6 Å². The number of carbonyl (C=O) groups is 1. The molecule has 1 aliphatic rings. The second kappa shape index (κ2) is 8.92. The van der Waals surface area contributed by atoms with Crippen LogP contribution in [0.15, 0.2) is 0 Å². The third kappa shape index (κ3) is 6.07. The van der Waals surface area contributed by atoms with Crippen LogP contribution in [0.25, 0.3) is 0 Å². The SMILES string of the molecule is CCCC(CCN)CCC(=O)N(CCC#N)C1CC1. The second-order valence-electron chi connectivity index (χ2n) is 5.50. The van der Waals surface area contributed by atoms with Gasteiger partial charge in [-0.25, -0.2) is 0 Å².